The first-order valence-corrected chi connectivity index (χ1v) is 6.73. The van der Waals surface area contributed by atoms with E-state index in [4.69, 9.17) is 5.73 Å². The number of primary amides is 1. The summed E-state index contributed by atoms with van der Waals surface area (Å²) < 4.78 is 1.14. The number of hydrogen-bond donors (Lipinski definition) is 2. The van der Waals surface area contributed by atoms with E-state index in [9.17, 15) is 4.79 Å². The number of amides is 1. The van der Waals surface area contributed by atoms with Gasteiger partial charge < -0.3 is 11.1 Å². The van der Waals surface area contributed by atoms with Crippen molar-refractivity contribution in [3.05, 3.63) is 23.7 Å². The Morgan fingerprint density at radius 3 is 2.83 bits per heavy atom. The van der Waals surface area contributed by atoms with Crippen LogP contribution in [0, 0.1) is 5.92 Å². The maximum atomic E-state index is 11.7. The second kappa shape index (κ2) is 4.57. The minimum atomic E-state index is -0.802. The molecule has 2 aromatic rings. The van der Waals surface area contributed by atoms with Gasteiger partial charge in [-0.15, -0.1) is 11.3 Å². The molecule has 96 valence electrons. The van der Waals surface area contributed by atoms with E-state index in [1.165, 1.54) is 0 Å². The van der Waals surface area contributed by atoms with Crippen molar-refractivity contribution in [3.8, 4) is 0 Å². The smallest absolute Gasteiger partial charge is 0.243 e. The molecular weight excluding hydrogens is 246 g/mol. The number of nitrogens with two attached hydrogens (primary N) is 1. The first-order chi connectivity index (χ1) is 8.45. The van der Waals surface area contributed by atoms with Gasteiger partial charge in [0.25, 0.3) is 0 Å². The van der Waals surface area contributed by atoms with Gasteiger partial charge in [-0.25, -0.2) is 4.98 Å². The molecule has 0 saturated carbocycles. The van der Waals surface area contributed by atoms with Crippen molar-refractivity contribution in [1.29, 1.82) is 0 Å². The quantitative estimate of drug-likeness (QED) is 0.891. The van der Waals surface area contributed by atoms with E-state index in [0.29, 0.717) is 5.82 Å². The van der Waals surface area contributed by atoms with Crippen LogP contribution in [0.25, 0.3) is 10.1 Å². The molecule has 3 N–H and O–H groups in total. The Morgan fingerprint density at radius 1 is 1.50 bits per heavy atom. The Labute approximate surface area is 110 Å². The highest BCUT2D eigenvalue weighted by Crippen LogP contribution is 2.29. The van der Waals surface area contributed by atoms with Gasteiger partial charge in [-0.3, -0.25) is 4.79 Å². The van der Waals surface area contributed by atoms with Crippen molar-refractivity contribution in [2.75, 3.05) is 5.32 Å². The maximum absolute atomic E-state index is 11.7. The molecule has 2 aromatic heterocycles. The molecular formula is C13H17N3OS. The molecule has 0 spiro atoms. The highest BCUT2D eigenvalue weighted by molar-refractivity contribution is 7.17. The van der Waals surface area contributed by atoms with Gasteiger partial charge in [-0.2, -0.15) is 0 Å². The van der Waals surface area contributed by atoms with Crippen molar-refractivity contribution < 1.29 is 4.79 Å². The molecule has 1 unspecified atom stereocenters. The zero-order valence-corrected chi connectivity index (χ0v) is 11.5. The van der Waals surface area contributed by atoms with E-state index < -0.39 is 5.54 Å². The largest absolute Gasteiger partial charge is 0.368 e. The average Bonchev–Trinajstić information content (AvgIpc) is 2.77. The van der Waals surface area contributed by atoms with Crippen LogP contribution in [0.2, 0.25) is 0 Å². The van der Waals surface area contributed by atoms with Crippen molar-refractivity contribution in [2.45, 2.75) is 26.3 Å². The molecule has 4 nitrogen and oxygen atoms in total. The monoisotopic (exact) mass is 263 g/mol. The van der Waals surface area contributed by atoms with Crippen LogP contribution in [-0.4, -0.2) is 16.4 Å². The Hall–Kier alpha value is -1.62. The summed E-state index contributed by atoms with van der Waals surface area (Å²) in [6.45, 7) is 5.74. The van der Waals surface area contributed by atoms with Gasteiger partial charge in [0, 0.05) is 16.3 Å². The van der Waals surface area contributed by atoms with Crippen LogP contribution in [0.1, 0.15) is 20.8 Å². The van der Waals surface area contributed by atoms with Crippen LogP contribution in [0.3, 0.4) is 0 Å². The number of thiophene rings is 1. The summed E-state index contributed by atoms with van der Waals surface area (Å²) in [5.41, 5.74) is 4.71. The van der Waals surface area contributed by atoms with Crippen molar-refractivity contribution in [2.24, 2.45) is 11.7 Å². The van der Waals surface area contributed by atoms with E-state index in [1.807, 2.05) is 38.3 Å². The number of pyridine rings is 1. The lowest BCUT2D eigenvalue weighted by atomic mass is 9.87. The Bertz CT molecular complexity index is 578. The molecule has 0 saturated heterocycles. The summed E-state index contributed by atoms with van der Waals surface area (Å²) in [5.74, 6) is 0.418. The van der Waals surface area contributed by atoms with Gasteiger partial charge in [-0.1, -0.05) is 13.8 Å². The first kappa shape index (κ1) is 12.8. The van der Waals surface area contributed by atoms with Gasteiger partial charge in [0.15, 0.2) is 0 Å². The average molecular weight is 263 g/mol. The van der Waals surface area contributed by atoms with Gasteiger partial charge >= 0.3 is 0 Å². The van der Waals surface area contributed by atoms with Gasteiger partial charge in [0.05, 0.1) is 0 Å². The maximum Gasteiger partial charge on any atom is 0.243 e. The van der Waals surface area contributed by atoms with E-state index in [1.54, 1.807) is 17.5 Å². The third-order valence-electron chi connectivity index (χ3n) is 3.42. The molecule has 0 radical (unpaired) electrons. The number of hydrogen-bond acceptors (Lipinski definition) is 4. The number of nitrogens with zero attached hydrogens (tertiary/aromatic N) is 1. The van der Waals surface area contributed by atoms with E-state index in [2.05, 4.69) is 10.3 Å². The van der Waals surface area contributed by atoms with Crippen LogP contribution in [0.4, 0.5) is 5.82 Å². The van der Waals surface area contributed by atoms with Crippen LogP contribution in [0.15, 0.2) is 23.7 Å². The molecule has 2 rings (SSSR count). The fraction of sp³-hybridized carbons (Fsp3) is 0.385. The Morgan fingerprint density at radius 2 is 2.22 bits per heavy atom. The fourth-order valence-corrected chi connectivity index (χ4v) is 2.51. The number of rotatable bonds is 4. The number of anilines is 1. The zero-order chi connectivity index (χ0) is 13.3. The fourth-order valence-electron chi connectivity index (χ4n) is 1.73. The summed E-state index contributed by atoms with van der Waals surface area (Å²) in [7, 11) is 0. The third-order valence-corrected chi connectivity index (χ3v) is 4.31. The molecule has 1 atom stereocenters. The molecule has 5 heteroatoms. The SMILES string of the molecule is CC(C)C(C)(Nc1nccc2sccc12)C(N)=O. The predicted molar refractivity (Wildman–Crippen MR) is 75.7 cm³/mol. The predicted octanol–water partition coefficient (Wildman–Crippen LogP) is 2.61. The first-order valence-electron chi connectivity index (χ1n) is 5.85. The van der Waals surface area contributed by atoms with E-state index >= 15 is 0 Å². The van der Waals surface area contributed by atoms with Crippen molar-refractivity contribution >= 4 is 33.1 Å². The lowest BCUT2D eigenvalue weighted by Gasteiger charge is -2.32. The highest BCUT2D eigenvalue weighted by atomic mass is 32.1. The zero-order valence-electron chi connectivity index (χ0n) is 10.7. The Balaban J connectivity index is 2.44. The number of carbonyl (C=O) groups is 1. The second-order valence-electron chi connectivity index (χ2n) is 4.84. The van der Waals surface area contributed by atoms with Gasteiger partial charge in [0.2, 0.25) is 5.91 Å². The van der Waals surface area contributed by atoms with Crippen LogP contribution >= 0.6 is 11.3 Å². The summed E-state index contributed by atoms with van der Waals surface area (Å²) in [5, 5.41) is 6.24. The number of carbonyl (C=O) groups excluding carboxylic acids is 1. The normalized spacial score (nSPS) is 14.7. The van der Waals surface area contributed by atoms with Crippen molar-refractivity contribution in [3.63, 3.8) is 0 Å². The second-order valence-corrected chi connectivity index (χ2v) is 5.79. The van der Waals surface area contributed by atoms with Crippen LogP contribution in [0.5, 0.6) is 0 Å². The van der Waals surface area contributed by atoms with E-state index in [0.717, 1.165) is 10.1 Å². The third kappa shape index (κ3) is 2.06. The minimum absolute atomic E-state index is 0.0747. The molecule has 0 aromatic carbocycles. The minimum Gasteiger partial charge on any atom is -0.368 e. The van der Waals surface area contributed by atoms with Gasteiger partial charge in [0.1, 0.15) is 11.4 Å². The summed E-state index contributed by atoms with van der Waals surface area (Å²) >= 11 is 1.65. The highest BCUT2D eigenvalue weighted by Gasteiger charge is 2.35. The molecule has 0 aliphatic heterocycles. The summed E-state index contributed by atoms with van der Waals surface area (Å²) in [4.78, 5) is 16.0. The lowest BCUT2D eigenvalue weighted by molar-refractivity contribution is -0.123. The summed E-state index contributed by atoms with van der Waals surface area (Å²) in [6, 6.07) is 3.96. The molecule has 2 heterocycles. The molecule has 0 aliphatic rings. The van der Waals surface area contributed by atoms with Gasteiger partial charge in [-0.05, 0) is 30.4 Å². The topological polar surface area (TPSA) is 68.0 Å². The lowest BCUT2D eigenvalue weighted by Crippen LogP contribution is -2.52. The van der Waals surface area contributed by atoms with E-state index in [-0.39, 0.29) is 11.8 Å². The molecule has 1 amide bonds. The van der Waals surface area contributed by atoms with Crippen molar-refractivity contribution in [1.82, 2.24) is 4.98 Å². The number of aromatic nitrogens is 1. The molecule has 18 heavy (non-hydrogen) atoms. The number of fused-ring (bicyclic) bond motifs is 1. The standard InChI is InChI=1S/C13H17N3OS/c1-8(2)13(3,12(14)17)16-11-9-5-7-18-10(9)4-6-15-11/h4-8H,1-3H3,(H2,14,17)(H,15,16). The van der Waals surface area contributed by atoms with Crippen LogP contribution in [-0.2, 0) is 4.79 Å². The molecule has 0 aliphatic carbocycles. The number of nitrogens with one attached hydrogen (secondary N) is 1. The molecule has 0 bridgehead atoms. The molecule has 0 fully saturated rings. The summed E-state index contributed by atoms with van der Waals surface area (Å²) in [6.07, 6.45) is 1.74. The van der Waals surface area contributed by atoms with Crippen LogP contribution < -0.4 is 11.1 Å². The Kier molecular flexibility index (Phi) is 3.26.